The van der Waals surface area contributed by atoms with Gasteiger partial charge in [0.2, 0.25) is 5.78 Å². The lowest BCUT2D eigenvalue weighted by Gasteiger charge is -2.04. The molecule has 0 saturated carbocycles. The third kappa shape index (κ3) is 1.97. The number of halogens is 3. The van der Waals surface area contributed by atoms with Crippen LogP contribution in [0.3, 0.4) is 0 Å². The van der Waals surface area contributed by atoms with Crippen LogP contribution in [0.2, 0.25) is 10.0 Å². The Balaban J connectivity index is 2.21. The van der Waals surface area contributed by atoms with E-state index in [1.165, 1.54) is 12.1 Å². The molecule has 1 heterocycles. The molecule has 1 N–H and O–H groups in total. The van der Waals surface area contributed by atoms with Crippen LogP contribution in [0, 0.1) is 5.82 Å². The predicted molar refractivity (Wildman–Crippen MR) is 75.9 cm³/mol. The van der Waals surface area contributed by atoms with Crippen LogP contribution in [0.25, 0.3) is 10.9 Å². The summed E-state index contributed by atoms with van der Waals surface area (Å²) in [7, 11) is 0. The highest BCUT2D eigenvalue weighted by Gasteiger charge is 2.22. The molecule has 100 valence electrons. The zero-order chi connectivity index (χ0) is 14.3. The summed E-state index contributed by atoms with van der Waals surface area (Å²) in [4.78, 5) is 12.5. The van der Waals surface area contributed by atoms with Crippen molar-refractivity contribution in [2.24, 2.45) is 0 Å². The zero-order valence-corrected chi connectivity index (χ0v) is 11.5. The summed E-state index contributed by atoms with van der Waals surface area (Å²) in [5.74, 6) is -0.920. The number of hydrogen-bond acceptors (Lipinski definition) is 2. The number of H-pyrrole nitrogens is 1. The highest BCUT2D eigenvalue weighted by molar-refractivity contribution is 6.41. The van der Waals surface area contributed by atoms with Crippen LogP contribution < -0.4 is 0 Å². The molecule has 0 aliphatic rings. The minimum absolute atomic E-state index is 0.0921. The van der Waals surface area contributed by atoms with E-state index in [9.17, 15) is 9.18 Å². The van der Waals surface area contributed by atoms with Gasteiger partial charge in [-0.2, -0.15) is 5.10 Å². The Bertz CT molecular complexity index is 809. The average molecular weight is 309 g/mol. The minimum atomic E-state index is -0.473. The number of fused-ring (bicyclic) bond motifs is 1. The first-order valence-electron chi connectivity index (χ1n) is 5.71. The fourth-order valence-corrected chi connectivity index (χ4v) is 2.58. The average Bonchev–Trinajstić information content (AvgIpc) is 2.83. The number of rotatable bonds is 2. The molecule has 3 aromatic rings. The number of hydrogen-bond donors (Lipinski definition) is 1. The number of carbonyl (C=O) groups is 1. The fourth-order valence-electron chi connectivity index (χ4n) is 2.01. The lowest BCUT2D eigenvalue weighted by Crippen LogP contribution is -2.04. The molecule has 0 unspecified atom stereocenters. The molecular weight excluding hydrogens is 302 g/mol. The van der Waals surface area contributed by atoms with Gasteiger partial charge < -0.3 is 0 Å². The number of aromatic nitrogens is 2. The number of para-hydroxylation sites is 1. The lowest BCUT2D eigenvalue weighted by molar-refractivity contribution is 0.103. The van der Waals surface area contributed by atoms with E-state index < -0.39 is 11.6 Å². The van der Waals surface area contributed by atoms with E-state index in [2.05, 4.69) is 10.2 Å². The number of ketones is 1. The molecule has 0 saturated heterocycles. The SMILES string of the molecule is O=C(c1c(Cl)cccc1Cl)c1n[nH]c2c(F)cccc12. The van der Waals surface area contributed by atoms with Crippen LogP contribution in [0.5, 0.6) is 0 Å². The number of aromatic amines is 1. The summed E-state index contributed by atoms with van der Waals surface area (Å²) in [6.07, 6.45) is 0. The molecule has 0 aliphatic carbocycles. The molecule has 0 spiro atoms. The summed E-state index contributed by atoms with van der Waals surface area (Å²) in [6.45, 7) is 0. The number of carbonyl (C=O) groups excluding carboxylic acids is 1. The first kappa shape index (κ1) is 13.1. The van der Waals surface area contributed by atoms with E-state index in [0.717, 1.165) is 0 Å². The fraction of sp³-hybridized carbons (Fsp3) is 0. The minimum Gasteiger partial charge on any atom is -0.287 e. The molecule has 0 aliphatic heterocycles. The Labute approximate surface area is 123 Å². The van der Waals surface area contributed by atoms with Crippen LogP contribution in [0.4, 0.5) is 4.39 Å². The van der Waals surface area contributed by atoms with E-state index in [1.807, 2.05) is 0 Å². The van der Waals surface area contributed by atoms with Crippen molar-refractivity contribution in [3.63, 3.8) is 0 Å². The van der Waals surface area contributed by atoms with Crippen LogP contribution in [-0.2, 0) is 0 Å². The van der Waals surface area contributed by atoms with Gasteiger partial charge in [0.1, 0.15) is 17.0 Å². The maximum Gasteiger partial charge on any atom is 0.216 e. The van der Waals surface area contributed by atoms with Gasteiger partial charge >= 0.3 is 0 Å². The van der Waals surface area contributed by atoms with Crippen molar-refractivity contribution < 1.29 is 9.18 Å². The normalized spacial score (nSPS) is 10.9. The standard InChI is InChI=1S/C14H7Cl2FN2O/c15-8-4-2-5-9(16)11(8)14(20)13-7-3-1-6-10(17)12(7)18-19-13/h1-6H,(H,18,19). The van der Waals surface area contributed by atoms with Crippen LogP contribution in [-0.4, -0.2) is 16.0 Å². The number of benzene rings is 2. The summed E-state index contributed by atoms with van der Waals surface area (Å²) < 4.78 is 13.6. The largest absolute Gasteiger partial charge is 0.287 e. The van der Waals surface area contributed by atoms with Gasteiger partial charge in [0, 0.05) is 5.39 Å². The van der Waals surface area contributed by atoms with Crippen molar-refractivity contribution in [1.82, 2.24) is 10.2 Å². The van der Waals surface area contributed by atoms with Crippen molar-refractivity contribution in [3.05, 3.63) is 63.5 Å². The highest BCUT2D eigenvalue weighted by atomic mass is 35.5. The second kappa shape index (κ2) is 4.89. The molecule has 0 bridgehead atoms. The number of nitrogens with zero attached hydrogens (tertiary/aromatic N) is 1. The Hall–Kier alpha value is -1.91. The molecular formula is C14H7Cl2FN2O. The highest BCUT2D eigenvalue weighted by Crippen LogP contribution is 2.29. The monoisotopic (exact) mass is 308 g/mol. The molecule has 0 amide bonds. The maximum absolute atomic E-state index is 13.6. The summed E-state index contributed by atoms with van der Waals surface area (Å²) in [5, 5.41) is 7.25. The van der Waals surface area contributed by atoms with Crippen LogP contribution in [0.15, 0.2) is 36.4 Å². The third-order valence-electron chi connectivity index (χ3n) is 2.95. The van der Waals surface area contributed by atoms with Gasteiger partial charge in [0.15, 0.2) is 0 Å². The van der Waals surface area contributed by atoms with Crippen molar-refractivity contribution >= 4 is 39.9 Å². The Morgan fingerprint density at radius 3 is 2.45 bits per heavy atom. The van der Waals surface area contributed by atoms with Gasteiger partial charge in [-0.1, -0.05) is 41.4 Å². The molecule has 0 atom stereocenters. The number of nitrogens with one attached hydrogen (secondary N) is 1. The molecule has 3 rings (SSSR count). The van der Waals surface area contributed by atoms with Crippen LogP contribution >= 0.6 is 23.2 Å². The molecule has 0 radical (unpaired) electrons. The molecule has 20 heavy (non-hydrogen) atoms. The van der Waals surface area contributed by atoms with Crippen molar-refractivity contribution in [2.75, 3.05) is 0 Å². The van der Waals surface area contributed by atoms with Gasteiger partial charge in [-0.3, -0.25) is 9.89 Å². The summed E-state index contributed by atoms with van der Waals surface area (Å²) >= 11 is 12.0. The van der Waals surface area contributed by atoms with E-state index >= 15 is 0 Å². The molecule has 6 heteroatoms. The first-order valence-corrected chi connectivity index (χ1v) is 6.46. The topological polar surface area (TPSA) is 45.8 Å². The molecule has 2 aromatic carbocycles. The van der Waals surface area contributed by atoms with Gasteiger partial charge in [0.05, 0.1) is 15.6 Å². The zero-order valence-electron chi connectivity index (χ0n) is 9.95. The van der Waals surface area contributed by atoms with Gasteiger partial charge in [-0.15, -0.1) is 0 Å². The Morgan fingerprint density at radius 2 is 1.75 bits per heavy atom. The maximum atomic E-state index is 13.6. The quantitative estimate of drug-likeness (QED) is 0.720. The van der Waals surface area contributed by atoms with Crippen LogP contribution in [0.1, 0.15) is 16.1 Å². The third-order valence-corrected chi connectivity index (χ3v) is 3.58. The van der Waals surface area contributed by atoms with Crippen molar-refractivity contribution in [2.45, 2.75) is 0 Å². The molecule has 1 aromatic heterocycles. The second-order valence-corrected chi connectivity index (χ2v) is 4.97. The van der Waals surface area contributed by atoms with E-state index in [1.54, 1.807) is 24.3 Å². The Morgan fingerprint density at radius 1 is 1.10 bits per heavy atom. The lowest BCUT2D eigenvalue weighted by atomic mass is 10.1. The molecule has 0 fully saturated rings. The molecule has 3 nitrogen and oxygen atoms in total. The van der Waals surface area contributed by atoms with Gasteiger partial charge in [-0.25, -0.2) is 4.39 Å². The first-order chi connectivity index (χ1) is 9.59. The van der Waals surface area contributed by atoms with E-state index in [4.69, 9.17) is 23.2 Å². The second-order valence-electron chi connectivity index (χ2n) is 4.16. The van der Waals surface area contributed by atoms with Gasteiger partial charge in [-0.05, 0) is 18.2 Å². The smallest absolute Gasteiger partial charge is 0.216 e. The van der Waals surface area contributed by atoms with E-state index in [0.29, 0.717) is 5.39 Å². The van der Waals surface area contributed by atoms with Crippen molar-refractivity contribution in [3.8, 4) is 0 Å². The van der Waals surface area contributed by atoms with E-state index in [-0.39, 0.29) is 26.8 Å². The summed E-state index contributed by atoms with van der Waals surface area (Å²) in [5.41, 5.74) is 0.432. The van der Waals surface area contributed by atoms with Crippen molar-refractivity contribution in [1.29, 1.82) is 0 Å². The Kier molecular flexibility index (Phi) is 3.20. The van der Waals surface area contributed by atoms with Gasteiger partial charge in [0.25, 0.3) is 0 Å². The predicted octanol–water partition coefficient (Wildman–Crippen LogP) is 4.24. The summed E-state index contributed by atoms with van der Waals surface area (Å²) in [6, 6.07) is 9.19.